The van der Waals surface area contributed by atoms with Crippen LogP contribution in [0.25, 0.3) is 11.4 Å². The van der Waals surface area contributed by atoms with E-state index in [0.717, 1.165) is 44.3 Å². The van der Waals surface area contributed by atoms with Crippen molar-refractivity contribution in [3.8, 4) is 11.4 Å². The van der Waals surface area contributed by atoms with Crippen LogP contribution in [0, 0.1) is 12.7 Å². The van der Waals surface area contributed by atoms with E-state index in [-0.39, 0.29) is 11.3 Å². The van der Waals surface area contributed by atoms with Crippen molar-refractivity contribution in [2.24, 2.45) is 0 Å². The molecule has 0 saturated carbocycles. The number of hydrogen-bond donors (Lipinski definition) is 2. The molecule has 8 nitrogen and oxygen atoms in total. The lowest BCUT2D eigenvalue weighted by molar-refractivity contribution is 0.102. The highest BCUT2D eigenvalue weighted by atomic mass is 32.2. The van der Waals surface area contributed by atoms with Gasteiger partial charge in [0.05, 0.1) is 17.6 Å². The third-order valence-corrected chi connectivity index (χ3v) is 5.97. The number of nitrogens with zero attached hydrogens (tertiary/aromatic N) is 3. The molecule has 0 aliphatic carbocycles. The van der Waals surface area contributed by atoms with E-state index in [1.807, 2.05) is 0 Å². The van der Waals surface area contributed by atoms with Crippen LogP contribution in [-0.4, -0.2) is 35.3 Å². The Kier molecular flexibility index (Phi) is 5.96. The highest BCUT2D eigenvalue weighted by Crippen LogP contribution is 2.27. The third kappa shape index (κ3) is 4.80. The van der Waals surface area contributed by atoms with Gasteiger partial charge in [-0.2, -0.15) is 0 Å². The molecule has 1 amide bonds. The molecule has 0 radical (unpaired) electrons. The number of carbonyl (C=O) groups is 1. The van der Waals surface area contributed by atoms with Crippen molar-refractivity contribution in [3.05, 3.63) is 59.2 Å². The number of sulfonamides is 1. The minimum absolute atomic E-state index is 0.0108. The van der Waals surface area contributed by atoms with E-state index >= 15 is 0 Å². The van der Waals surface area contributed by atoms with Crippen LogP contribution in [0.3, 0.4) is 0 Å². The van der Waals surface area contributed by atoms with Gasteiger partial charge in [0.1, 0.15) is 11.6 Å². The largest absolute Gasteiger partial charge is 0.319 e. The van der Waals surface area contributed by atoms with Crippen LogP contribution in [0.5, 0.6) is 0 Å². The fourth-order valence-corrected chi connectivity index (χ4v) is 4.35. The minimum atomic E-state index is -3.51. The fourth-order valence-electron chi connectivity index (χ4n) is 3.73. The van der Waals surface area contributed by atoms with E-state index in [1.165, 1.54) is 12.1 Å². The lowest BCUT2D eigenvalue weighted by atomic mass is 10.1. The SMILES string of the molecule is Cc1ccc(C(=O)Nc2cc(-c3nnc4n3CCCCC4)ccc2F)cc1NS(C)(=O)=O. The molecule has 2 heterocycles. The quantitative estimate of drug-likeness (QED) is 0.607. The molecule has 1 aromatic heterocycles. The Bertz CT molecular complexity index is 1290. The lowest BCUT2D eigenvalue weighted by Gasteiger charge is -2.12. The Morgan fingerprint density at radius 3 is 2.66 bits per heavy atom. The first-order valence-electron chi connectivity index (χ1n) is 10.3. The topological polar surface area (TPSA) is 106 Å². The van der Waals surface area contributed by atoms with Gasteiger partial charge in [-0.1, -0.05) is 12.5 Å². The number of aryl methyl sites for hydroxylation is 2. The van der Waals surface area contributed by atoms with Gasteiger partial charge in [-0.3, -0.25) is 9.52 Å². The number of hydrogen-bond acceptors (Lipinski definition) is 5. The Balaban J connectivity index is 1.61. The molecule has 0 atom stereocenters. The predicted octanol–water partition coefficient (Wildman–Crippen LogP) is 3.74. The second kappa shape index (κ2) is 8.70. The first-order valence-corrected chi connectivity index (χ1v) is 12.2. The Morgan fingerprint density at radius 1 is 1.06 bits per heavy atom. The number of amides is 1. The van der Waals surface area contributed by atoms with Crippen LogP contribution in [-0.2, 0) is 23.0 Å². The van der Waals surface area contributed by atoms with Gasteiger partial charge in [-0.15, -0.1) is 10.2 Å². The second-order valence-corrected chi connectivity index (χ2v) is 9.70. The van der Waals surface area contributed by atoms with Crippen LogP contribution >= 0.6 is 0 Å². The molecule has 10 heteroatoms. The van der Waals surface area contributed by atoms with Gasteiger partial charge in [-0.25, -0.2) is 12.8 Å². The number of fused-ring (bicyclic) bond motifs is 1. The summed E-state index contributed by atoms with van der Waals surface area (Å²) in [6.45, 7) is 2.52. The number of halogens is 1. The highest BCUT2D eigenvalue weighted by Gasteiger charge is 2.18. The van der Waals surface area contributed by atoms with Crippen molar-refractivity contribution < 1.29 is 17.6 Å². The summed E-state index contributed by atoms with van der Waals surface area (Å²) in [4.78, 5) is 12.8. The highest BCUT2D eigenvalue weighted by molar-refractivity contribution is 7.92. The molecule has 2 aromatic carbocycles. The molecule has 1 aliphatic rings. The molecule has 32 heavy (non-hydrogen) atoms. The summed E-state index contributed by atoms with van der Waals surface area (Å²) >= 11 is 0. The molecular formula is C22H24FN5O3S. The van der Waals surface area contributed by atoms with Crippen molar-refractivity contribution in [2.45, 2.75) is 39.2 Å². The molecule has 3 aromatic rings. The number of rotatable bonds is 5. The van der Waals surface area contributed by atoms with Crippen LogP contribution in [0.2, 0.25) is 0 Å². The van der Waals surface area contributed by atoms with Crippen LogP contribution in [0.4, 0.5) is 15.8 Å². The maximum atomic E-state index is 14.5. The van der Waals surface area contributed by atoms with Gasteiger partial charge >= 0.3 is 0 Å². The third-order valence-electron chi connectivity index (χ3n) is 5.38. The Labute approximate surface area is 185 Å². The Morgan fingerprint density at radius 2 is 1.88 bits per heavy atom. The normalized spacial score (nSPS) is 13.8. The van der Waals surface area contributed by atoms with E-state index in [2.05, 4.69) is 24.8 Å². The summed E-state index contributed by atoms with van der Waals surface area (Å²) in [5.74, 6) is 0.419. The van der Waals surface area contributed by atoms with Crippen LogP contribution in [0.15, 0.2) is 36.4 Å². The zero-order chi connectivity index (χ0) is 22.9. The van der Waals surface area contributed by atoms with Crippen molar-refractivity contribution >= 4 is 27.3 Å². The van der Waals surface area contributed by atoms with E-state index in [0.29, 0.717) is 22.6 Å². The molecule has 4 rings (SSSR count). The van der Waals surface area contributed by atoms with Crippen molar-refractivity contribution in [3.63, 3.8) is 0 Å². The van der Waals surface area contributed by atoms with E-state index in [1.54, 1.807) is 31.2 Å². The fraction of sp³-hybridized carbons (Fsp3) is 0.318. The van der Waals surface area contributed by atoms with E-state index < -0.39 is 21.7 Å². The predicted molar refractivity (Wildman–Crippen MR) is 121 cm³/mol. The maximum absolute atomic E-state index is 14.5. The molecule has 2 N–H and O–H groups in total. The first kappa shape index (κ1) is 21.9. The van der Waals surface area contributed by atoms with Crippen molar-refractivity contribution in [2.75, 3.05) is 16.3 Å². The number of aromatic nitrogens is 3. The number of carbonyl (C=O) groups excluding carboxylic acids is 1. The molecule has 0 saturated heterocycles. The number of nitrogens with one attached hydrogen (secondary N) is 2. The minimum Gasteiger partial charge on any atom is -0.319 e. The van der Waals surface area contributed by atoms with E-state index in [4.69, 9.17) is 0 Å². The summed E-state index contributed by atoms with van der Waals surface area (Å²) in [5.41, 5.74) is 1.82. The average Bonchev–Trinajstić information content (AvgIpc) is 2.98. The molecule has 0 fully saturated rings. The van der Waals surface area contributed by atoms with Gasteiger partial charge in [0.25, 0.3) is 5.91 Å². The second-order valence-electron chi connectivity index (χ2n) is 7.95. The monoisotopic (exact) mass is 457 g/mol. The van der Waals surface area contributed by atoms with E-state index in [9.17, 15) is 17.6 Å². The zero-order valence-corrected chi connectivity index (χ0v) is 18.7. The summed E-state index contributed by atoms with van der Waals surface area (Å²) in [7, 11) is -3.51. The summed E-state index contributed by atoms with van der Waals surface area (Å²) in [6.07, 6.45) is 5.11. The smallest absolute Gasteiger partial charge is 0.255 e. The van der Waals surface area contributed by atoms with Gasteiger partial charge in [0, 0.05) is 24.1 Å². The summed E-state index contributed by atoms with van der Waals surface area (Å²) in [6, 6.07) is 9.05. The van der Waals surface area contributed by atoms with Gasteiger partial charge in [-0.05, 0) is 55.7 Å². The van der Waals surface area contributed by atoms with Gasteiger partial charge in [0.15, 0.2) is 5.82 Å². The lowest BCUT2D eigenvalue weighted by Crippen LogP contribution is -2.15. The molecule has 168 valence electrons. The molecule has 0 bridgehead atoms. The number of anilines is 2. The standard InChI is InChI=1S/C22H24FN5O3S/c1-14-7-8-16(13-18(14)27-32(2,30)31)22(29)24-19-12-15(9-10-17(19)23)21-26-25-20-6-4-3-5-11-28(20)21/h7-10,12-13,27H,3-6,11H2,1-2H3,(H,24,29). The average molecular weight is 458 g/mol. The molecule has 1 aliphatic heterocycles. The Hall–Kier alpha value is -3.27. The van der Waals surface area contributed by atoms with Gasteiger partial charge in [0.2, 0.25) is 10.0 Å². The first-order chi connectivity index (χ1) is 15.2. The molecular weight excluding hydrogens is 433 g/mol. The number of benzene rings is 2. The van der Waals surface area contributed by atoms with Gasteiger partial charge < -0.3 is 9.88 Å². The summed E-state index contributed by atoms with van der Waals surface area (Å²) in [5, 5.41) is 11.1. The summed E-state index contributed by atoms with van der Waals surface area (Å²) < 4.78 is 42.1. The van der Waals surface area contributed by atoms with Crippen LogP contribution in [0.1, 0.15) is 41.0 Å². The molecule has 0 unspecified atom stereocenters. The van der Waals surface area contributed by atoms with Crippen molar-refractivity contribution in [1.82, 2.24) is 14.8 Å². The maximum Gasteiger partial charge on any atom is 0.255 e. The van der Waals surface area contributed by atoms with Crippen molar-refractivity contribution in [1.29, 1.82) is 0 Å². The van der Waals surface area contributed by atoms with Crippen LogP contribution < -0.4 is 10.0 Å². The zero-order valence-electron chi connectivity index (χ0n) is 17.9. The molecule has 0 spiro atoms.